The SMILES string of the molecule is CNC(=O)CNC(=O)C1CCCCNC(=O)OCCC[C@H](C(=O)NO)C(Cc2ccccc2C(F)(F)F)C(=O)N1. The highest BCUT2D eigenvalue weighted by Gasteiger charge is 2.39. The van der Waals surface area contributed by atoms with Crippen LogP contribution in [0.4, 0.5) is 18.0 Å². The number of cyclic esters (lactones) is 1. The van der Waals surface area contributed by atoms with Crippen molar-refractivity contribution in [1.82, 2.24) is 26.7 Å². The van der Waals surface area contributed by atoms with E-state index >= 15 is 0 Å². The molecule has 1 aromatic carbocycles. The maximum Gasteiger partial charge on any atom is 0.416 e. The van der Waals surface area contributed by atoms with Crippen molar-refractivity contribution in [3.05, 3.63) is 35.4 Å². The van der Waals surface area contributed by atoms with Crippen molar-refractivity contribution in [3.63, 3.8) is 0 Å². The van der Waals surface area contributed by atoms with Gasteiger partial charge in [0.15, 0.2) is 0 Å². The molecular formula is C25H34F3N5O7. The summed E-state index contributed by atoms with van der Waals surface area (Å²) < 4.78 is 46.2. The molecule has 1 aliphatic heterocycles. The first kappa shape index (κ1) is 32.3. The quantitative estimate of drug-likeness (QED) is 0.218. The van der Waals surface area contributed by atoms with Crippen LogP contribution in [0.2, 0.25) is 0 Å². The highest BCUT2D eigenvalue weighted by Crippen LogP contribution is 2.34. The molecule has 0 spiro atoms. The topological polar surface area (TPSA) is 175 Å². The van der Waals surface area contributed by atoms with Gasteiger partial charge in [0.25, 0.3) is 0 Å². The number of amides is 5. The van der Waals surface area contributed by atoms with Crippen LogP contribution in [0, 0.1) is 11.8 Å². The molecule has 12 nitrogen and oxygen atoms in total. The number of benzene rings is 1. The van der Waals surface area contributed by atoms with Crippen LogP contribution in [0.25, 0.3) is 0 Å². The summed E-state index contributed by atoms with van der Waals surface area (Å²) in [6.07, 6.45) is -5.31. The number of likely N-dealkylation sites (N-methyl/N-ethyl adjacent to an activating group) is 1. The number of hydrogen-bond acceptors (Lipinski definition) is 7. The van der Waals surface area contributed by atoms with Crippen LogP contribution in [-0.2, 0) is 36.5 Å². The molecule has 222 valence electrons. The second kappa shape index (κ2) is 15.6. The van der Waals surface area contributed by atoms with Gasteiger partial charge >= 0.3 is 12.3 Å². The van der Waals surface area contributed by atoms with Crippen molar-refractivity contribution in [2.45, 2.75) is 50.7 Å². The van der Waals surface area contributed by atoms with Crippen molar-refractivity contribution < 1.29 is 47.1 Å². The summed E-state index contributed by atoms with van der Waals surface area (Å²) in [4.78, 5) is 62.6. The second-order valence-electron chi connectivity index (χ2n) is 9.20. The summed E-state index contributed by atoms with van der Waals surface area (Å²) in [5.41, 5.74) is 0.195. The van der Waals surface area contributed by atoms with Gasteiger partial charge in [0.1, 0.15) is 6.04 Å². The molecule has 40 heavy (non-hydrogen) atoms. The molecular weight excluding hydrogens is 539 g/mol. The van der Waals surface area contributed by atoms with E-state index in [0.717, 1.165) is 6.07 Å². The van der Waals surface area contributed by atoms with E-state index in [1.165, 1.54) is 30.7 Å². The second-order valence-corrected chi connectivity index (χ2v) is 9.20. The highest BCUT2D eigenvalue weighted by molar-refractivity contribution is 5.93. The maximum absolute atomic E-state index is 13.7. The Morgan fingerprint density at radius 3 is 2.48 bits per heavy atom. The molecule has 15 heteroatoms. The largest absolute Gasteiger partial charge is 0.450 e. The van der Waals surface area contributed by atoms with Crippen molar-refractivity contribution in [1.29, 1.82) is 0 Å². The molecule has 6 N–H and O–H groups in total. The fourth-order valence-corrected chi connectivity index (χ4v) is 4.34. The molecule has 1 aliphatic rings. The van der Waals surface area contributed by atoms with E-state index < -0.39 is 65.8 Å². The molecule has 0 aliphatic carbocycles. The minimum absolute atomic E-state index is 0.0479. The summed E-state index contributed by atoms with van der Waals surface area (Å²) in [5.74, 6) is -5.94. The Bertz CT molecular complexity index is 1050. The zero-order valence-corrected chi connectivity index (χ0v) is 21.9. The van der Waals surface area contributed by atoms with Crippen molar-refractivity contribution in [2.24, 2.45) is 11.8 Å². The number of carbonyl (C=O) groups is 5. The smallest absolute Gasteiger partial charge is 0.416 e. The Morgan fingerprint density at radius 2 is 1.80 bits per heavy atom. The van der Waals surface area contributed by atoms with Gasteiger partial charge in [-0.05, 0) is 50.2 Å². The van der Waals surface area contributed by atoms with Crippen LogP contribution in [0.3, 0.4) is 0 Å². The number of alkyl carbamates (subject to hydrolysis) is 1. The lowest BCUT2D eigenvalue weighted by Crippen LogP contribution is -2.52. The zero-order valence-electron chi connectivity index (χ0n) is 21.9. The number of hydroxylamine groups is 1. The molecule has 2 rings (SSSR count). The molecule has 0 bridgehead atoms. The summed E-state index contributed by atoms with van der Waals surface area (Å²) in [5, 5.41) is 19.2. The summed E-state index contributed by atoms with van der Waals surface area (Å²) >= 11 is 0. The fraction of sp³-hybridized carbons (Fsp3) is 0.560. The van der Waals surface area contributed by atoms with Crippen LogP contribution in [0.15, 0.2) is 24.3 Å². The van der Waals surface area contributed by atoms with Crippen LogP contribution < -0.4 is 26.7 Å². The van der Waals surface area contributed by atoms with Gasteiger partial charge in [0.05, 0.1) is 30.6 Å². The van der Waals surface area contributed by atoms with E-state index in [-0.39, 0.29) is 44.5 Å². The summed E-state index contributed by atoms with van der Waals surface area (Å²) in [6.45, 7) is -0.322. The maximum atomic E-state index is 13.7. The standard InChI is InChI=1S/C25H34F3N5O7/c1-29-20(34)14-31-23(37)19-10-4-5-11-30-24(38)40-12-6-8-16(22(36)33-39)17(21(35)32-19)13-15-7-2-3-9-18(15)25(26,27)28/h2-3,7,9,16-17,19,39H,4-6,8,10-14H2,1H3,(H,29,34)(H,30,38)(H,31,37)(H,32,35)(H,33,36)/t16-,17?,19?/m0/s1. The Morgan fingerprint density at radius 1 is 1.07 bits per heavy atom. The third-order valence-corrected chi connectivity index (χ3v) is 6.45. The van der Waals surface area contributed by atoms with E-state index in [4.69, 9.17) is 4.74 Å². The summed E-state index contributed by atoms with van der Waals surface area (Å²) in [6, 6.07) is 3.38. The molecule has 0 saturated carbocycles. The van der Waals surface area contributed by atoms with Gasteiger partial charge in [0.2, 0.25) is 23.6 Å². The number of alkyl halides is 3. The van der Waals surface area contributed by atoms with Crippen LogP contribution in [-0.4, -0.2) is 67.7 Å². The first-order chi connectivity index (χ1) is 19.0. The summed E-state index contributed by atoms with van der Waals surface area (Å²) in [7, 11) is 1.37. The van der Waals surface area contributed by atoms with Gasteiger partial charge in [0, 0.05) is 13.6 Å². The molecule has 2 unspecified atom stereocenters. The lowest BCUT2D eigenvalue weighted by molar-refractivity contribution is -0.142. The first-order valence-electron chi connectivity index (χ1n) is 12.8. The number of ether oxygens (including phenoxy) is 1. The zero-order chi connectivity index (χ0) is 29.7. The third-order valence-electron chi connectivity index (χ3n) is 6.45. The number of carbonyl (C=O) groups excluding carboxylic acids is 5. The van der Waals surface area contributed by atoms with Gasteiger partial charge in [-0.2, -0.15) is 13.2 Å². The average Bonchev–Trinajstić information content (AvgIpc) is 2.93. The van der Waals surface area contributed by atoms with E-state index in [1.807, 2.05) is 0 Å². The molecule has 5 amide bonds. The van der Waals surface area contributed by atoms with Crippen LogP contribution in [0.1, 0.15) is 43.2 Å². The molecule has 1 fully saturated rings. The van der Waals surface area contributed by atoms with Gasteiger partial charge < -0.3 is 26.0 Å². The molecule has 3 atom stereocenters. The molecule has 1 saturated heterocycles. The van der Waals surface area contributed by atoms with Crippen molar-refractivity contribution in [3.8, 4) is 0 Å². The average molecular weight is 574 g/mol. The predicted molar refractivity (Wildman–Crippen MR) is 134 cm³/mol. The lowest BCUT2D eigenvalue weighted by atomic mass is 9.81. The van der Waals surface area contributed by atoms with Crippen molar-refractivity contribution >= 4 is 29.7 Å². The Balaban J connectivity index is 2.46. The Hall–Kier alpha value is -3.88. The number of nitrogens with one attached hydrogen (secondary N) is 5. The predicted octanol–water partition coefficient (Wildman–Crippen LogP) is 1.02. The van der Waals surface area contributed by atoms with Crippen molar-refractivity contribution in [2.75, 3.05) is 26.7 Å². The number of rotatable bonds is 6. The molecule has 0 radical (unpaired) electrons. The molecule has 1 aromatic rings. The number of halogens is 3. The van der Waals surface area contributed by atoms with Crippen LogP contribution >= 0.6 is 0 Å². The van der Waals surface area contributed by atoms with Gasteiger partial charge in [-0.15, -0.1) is 0 Å². The number of hydrogen-bond donors (Lipinski definition) is 6. The monoisotopic (exact) mass is 573 g/mol. The minimum atomic E-state index is -4.74. The minimum Gasteiger partial charge on any atom is -0.450 e. The normalized spacial score (nSPS) is 21.4. The third kappa shape index (κ3) is 10.0. The van der Waals surface area contributed by atoms with Gasteiger partial charge in [-0.25, -0.2) is 10.3 Å². The fourth-order valence-electron chi connectivity index (χ4n) is 4.34. The van der Waals surface area contributed by atoms with E-state index in [1.54, 1.807) is 0 Å². The van der Waals surface area contributed by atoms with Crippen LogP contribution in [0.5, 0.6) is 0 Å². The first-order valence-corrected chi connectivity index (χ1v) is 12.8. The lowest BCUT2D eigenvalue weighted by Gasteiger charge is -2.28. The van der Waals surface area contributed by atoms with E-state index in [0.29, 0.717) is 12.8 Å². The van der Waals surface area contributed by atoms with E-state index in [2.05, 4.69) is 21.3 Å². The molecule has 1 heterocycles. The highest BCUT2D eigenvalue weighted by atomic mass is 19.4. The van der Waals surface area contributed by atoms with Gasteiger partial charge in [-0.3, -0.25) is 24.4 Å². The Kier molecular flexibility index (Phi) is 12.6. The van der Waals surface area contributed by atoms with Gasteiger partial charge in [-0.1, -0.05) is 18.2 Å². The molecule has 0 aromatic heterocycles. The Labute approximate surface area is 228 Å². The van der Waals surface area contributed by atoms with E-state index in [9.17, 15) is 42.4 Å².